The van der Waals surface area contributed by atoms with E-state index in [0.717, 1.165) is 171 Å². The van der Waals surface area contributed by atoms with Gasteiger partial charge in [-0.1, -0.05) is 107 Å². The second-order valence-corrected chi connectivity index (χ2v) is 22.4. The lowest BCUT2D eigenvalue weighted by Crippen LogP contribution is -2.06. The van der Waals surface area contributed by atoms with Gasteiger partial charge in [0.05, 0.1) is 45.6 Å². The average molecular weight is 973 g/mol. The van der Waals surface area contributed by atoms with Gasteiger partial charge in [0.2, 0.25) is 0 Å². The van der Waals surface area contributed by atoms with Gasteiger partial charge in [0.1, 0.15) is 0 Å². The smallest absolute Gasteiger partial charge is 0.0738 e. The molecule has 0 spiro atoms. The number of rotatable bonds is 20. The molecule has 9 heterocycles. The minimum Gasteiger partial charge on any atom is -0.248 e. The van der Waals surface area contributed by atoms with Crippen molar-refractivity contribution in [3.8, 4) is 0 Å². The molecule has 0 amide bonds. The van der Waals surface area contributed by atoms with Crippen LogP contribution >= 0.6 is 45.3 Å². The minimum absolute atomic E-state index is 0.973. The Morgan fingerprint density at radius 1 is 0.279 bits per heavy atom. The SMILES string of the molecule is CCCc1scc(C2=C3C=CC(=N3)C(c3csc(CCC)c3CCC)=C3C=CC(=N3)C(c3csc(CCC)c3CCC)=C3C=CC(=N3)C(c3csc(CCC)c3CCC)=C3C=CC2=N3)c1CCC. The van der Waals surface area contributed by atoms with Crippen molar-refractivity contribution in [2.75, 3.05) is 0 Å². The Kier molecular flexibility index (Phi) is 15.7. The van der Waals surface area contributed by atoms with Gasteiger partial charge in [0.25, 0.3) is 0 Å². The molecule has 68 heavy (non-hydrogen) atoms. The van der Waals surface area contributed by atoms with E-state index in [1.54, 1.807) is 0 Å². The van der Waals surface area contributed by atoms with Crippen LogP contribution in [-0.4, -0.2) is 22.8 Å². The fourth-order valence-corrected chi connectivity index (χ4v) is 15.4. The number of aliphatic imine (C=N–C) groups is 4. The third-order valence-corrected chi connectivity index (χ3v) is 17.9. The molecule has 0 atom stereocenters. The third-order valence-electron chi connectivity index (χ3n) is 13.5. The zero-order valence-electron chi connectivity index (χ0n) is 41.7. The van der Waals surface area contributed by atoms with Crippen molar-refractivity contribution in [3.05, 3.63) is 157 Å². The van der Waals surface area contributed by atoms with Crippen molar-refractivity contribution in [2.24, 2.45) is 20.0 Å². The summed E-state index contributed by atoms with van der Waals surface area (Å²) in [6.07, 6.45) is 35.4. The number of aryl methyl sites for hydroxylation is 4. The largest absolute Gasteiger partial charge is 0.248 e. The molecular weight excluding hydrogens is 905 g/mol. The first-order chi connectivity index (χ1) is 33.4. The first-order valence-electron chi connectivity index (χ1n) is 25.8. The van der Waals surface area contributed by atoms with Crippen LogP contribution in [0.2, 0.25) is 0 Å². The fourth-order valence-electron chi connectivity index (χ4n) is 10.6. The molecule has 0 aliphatic carbocycles. The monoisotopic (exact) mass is 972 g/mol. The van der Waals surface area contributed by atoms with Crippen LogP contribution in [0.15, 0.2) is 113 Å². The van der Waals surface area contributed by atoms with E-state index in [1.165, 1.54) is 64.0 Å². The lowest BCUT2D eigenvalue weighted by Gasteiger charge is -2.15. The van der Waals surface area contributed by atoms with Crippen molar-refractivity contribution in [2.45, 2.75) is 158 Å². The van der Waals surface area contributed by atoms with Crippen molar-refractivity contribution >= 4 is 90.5 Å². The lowest BCUT2D eigenvalue weighted by molar-refractivity contribution is 0.876. The quantitative estimate of drug-likeness (QED) is 0.0847. The summed E-state index contributed by atoms with van der Waals surface area (Å²) in [5, 5.41) is 9.62. The predicted molar refractivity (Wildman–Crippen MR) is 303 cm³/mol. The summed E-state index contributed by atoms with van der Waals surface area (Å²) in [5.41, 5.74) is 23.2. The number of fused-ring (bicyclic) bond motifs is 4. The highest BCUT2D eigenvalue weighted by Gasteiger charge is 2.32. The molecule has 0 radical (unpaired) electrons. The Morgan fingerprint density at radius 3 is 0.676 bits per heavy atom. The highest BCUT2D eigenvalue weighted by atomic mass is 32.1. The summed E-state index contributed by atoms with van der Waals surface area (Å²) in [4.78, 5) is 29.0. The van der Waals surface area contributed by atoms with Gasteiger partial charge in [0, 0.05) is 64.1 Å². The summed E-state index contributed by atoms with van der Waals surface area (Å²) < 4.78 is 0. The van der Waals surface area contributed by atoms with E-state index in [0.29, 0.717) is 0 Å². The molecule has 352 valence electrons. The van der Waals surface area contributed by atoms with E-state index >= 15 is 0 Å². The maximum atomic E-state index is 5.76. The molecule has 5 aliphatic rings. The highest BCUT2D eigenvalue weighted by Crippen LogP contribution is 2.45. The Bertz CT molecular complexity index is 2570. The van der Waals surface area contributed by atoms with E-state index in [9.17, 15) is 0 Å². The molecule has 4 nitrogen and oxygen atoms in total. The molecule has 0 fully saturated rings. The first-order valence-corrected chi connectivity index (χ1v) is 29.3. The number of thiophene rings is 4. The van der Waals surface area contributed by atoms with Crippen LogP contribution in [0.5, 0.6) is 0 Å². The summed E-state index contributed by atoms with van der Waals surface area (Å²) >= 11 is 7.65. The van der Waals surface area contributed by atoms with Crippen LogP contribution in [0.1, 0.15) is 171 Å². The van der Waals surface area contributed by atoms with Crippen LogP contribution in [0.3, 0.4) is 0 Å². The van der Waals surface area contributed by atoms with E-state index in [2.05, 4.69) is 126 Å². The molecule has 4 aromatic heterocycles. The molecule has 0 saturated heterocycles. The average Bonchev–Trinajstić information content (AvgIpc) is 4.20. The molecule has 5 aliphatic heterocycles. The molecule has 0 saturated carbocycles. The molecule has 0 aromatic carbocycles. The maximum Gasteiger partial charge on any atom is 0.0738 e. The van der Waals surface area contributed by atoms with Crippen molar-refractivity contribution < 1.29 is 0 Å². The zero-order chi connectivity index (χ0) is 47.3. The van der Waals surface area contributed by atoms with Gasteiger partial charge < -0.3 is 0 Å². The highest BCUT2D eigenvalue weighted by molar-refractivity contribution is 7.11. The van der Waals surface area contributed by atoms with Crippen LogP contribution in [0, 0.1) is 0 Å². The maximum absolute atomic E-state index is 5.76. The van der Waals surface area contributed by atoms with E-state index in [1.807, 2.05) is 45.3 Å². The first kappa shape index (κ1) is 48.4. The van der Waals surface area contributed by atoms with Gasteiger partial charge in [-0.3, -0.25) is 0 Å². The third kappa shape index (κ3) is 9.28. The topological polar surface area (TPSA) is 49.4 Å². The second-order valence-electron chi connectivity index (χ2n) is 18.6. The van der Waals surface area contributed by atoms with Crippen molar-refractivity contribution in [1.82, 2.24) is 0 Å². The number of hydrogen-bond acceptors (Lipinski definition) is 8. The van der Waals surface area contributed by atoms with Gasteiger partial charge in [-0.15, -0.1) is 45.3 Å². The molecule has 0 unspecified atom stereocenters. The Hall–Kier alpha value is -4.60. The lowest BCUT2D eigenvalue weighted by atomic mass is 9.93. The van der Waals surface area contributed by atoms with Crippen LogP contribution in [-0.2, 0) is 51.4 Å². The predicted octanol–water partition coefficient (Wildman–Crippen LogP) is 17.6. The summed E-state index contributed by atoms with van der Waals surface area (Å²) in [5.74, 6) is 0. The van der Waals surface area contributed by atoms with E-state index in [4.69, 9.17) is 20.0 Å². The van der Waals surface area contributed by atoms with Crippen molar-refractivity contribution in [3.63, 3.8) is 0 Å². The van der Waals surface area contributed by atoms with Gasteiger partial charge in [0.15, 0.2) is 0 Å². The van der Waals surface area contributed by atoms with Gasteiger partial charge in [-0.05, 0) is 144 Å². The molecule has 9 rings (SSSR count). The molecular formula is C60H68N4S4. The van der Waals surface area contributed by atoms with Gasteiger partial charge >= 0.3 is 0 Å². The summed E-state index contributed by atoms with van der Waals surface area (Å²) in [6, 6.07) is 0. The van der Waals surface area contributed by atoms with Crippen LogP contribution < -0.4 is 0 Å². The summed E-state index contributed by atoms with van der Waals surface area (Å²) in [6.45, 7) is 18.4. The van der Waals surface area contributed by atoms with Crippen LogP contribution in [0.25, 0.3) is 22.3 Å². The molecule has 4 aromatic rings. The second kappa shape index (κ2) is 22.0. The molecule has 0 N–H and O–H groups in total. The van der Waals surface area contributed by atoms with E-state index in [-0.39, 0.29) is 0 Å². The zero-order valence-corrected chi connectivity index (χ0v) is 44.9. The Labute approximate surface area is 422 Å². The minimum atomic E-state index is 0.973. The van der Waals surface area contributed by atoms with Crippen molar-refractivity contribution in [1.29, 1.82) is 0 Å². The summed E-state index contributed by atoms with van der Waals surface area (Å²) in [7, 11) is 0. The Morgan fingerprint density at radius 2 is 0.485 bits per heavy atom. The fraction of sp³-hybridized carbons (Fsp3) is 0.400. The van der Waals surface area contributed by atoms with Gasteiger partial charge in [-0.25, -0.2) is 20.0 Å². The number of hydrogen-bond donors (Lipinski definition) is 0. The molecule has 8 bridgehead atoms. The Balaban J connectivity index is 1.39. The standard InChI is InChI=1S/C60H68N4S4/c1-9-17-37-41(33-65-53(37)21-13-5)57-45-25-27-47(61-45)58(42-34-66-54(22-14-6)38(42)18-10-2)49-29-31-51(63-49)60(44-36-68-56(24-16-8)40(44)20-12-4)52-32-30-50(64-52)59(48-28-26-46(57)62-48)43-35-67-55(23-15-7)39(43)19-11-3/h25-36H,9-24H2,1-8H3. The van der Waals surface area contributed by atoms with E-state index < -0.39 is 0 Å². The van der Waals surface area contributed by atoms with Gasteiger partial charge in [-0.2, -0.15) is 0 Å². The van der Waals surface area contributed by atoms with Crippen LogP contribution in [0.4, 0.5) is 0 Å². The molecule has 8 heteroatoms. The number of allylic oxidation sites excluding steroid dienone is 12. The number of nitrogens with zero attached hydrogens (tertiary/aromatic N) is 4. The normalized spacial score (nSPS) is 16.5.